The van der Waals surface area contributed by atoms with E-state index in [-0.39, 0.29) is 0 Å². The van der Waals surface area contributed by atoms with E-state index in [1.54, 1.807) is 18.2 Å². The summed E-state index contributed by atoms with van der Waals surface area (Å²) >= 11 is 0. The molecule has 0 aliphatic carbocycles. The summed E-state index contributed by atoms with van der Waals surface area (Å²) < 4.78 is 5.64. The first-order valence-corrected chi connectivity index (χ1v) is 5.82. The van der Waals surface area contributed by atoms with Gasteiger partial charge in [0.15, 0.2) is 0 Å². The van der Waals surface area contributed by atoms with Crippen LogP contribution in [-0.4, -0.2) is 6.61 Å². The van der Waals surface area contributed by atoms with E-state index in [4.69, 9.17) is 15.3 Å². The molecule has 0 fully saturated rings. The lowest BCUT2D eigenvalue weighted by Crippen LogP contribution is -2.10. The summed E-state index contributed by atoms with van der Waals surface area (Å²) in [5.41, 5.74) is 0.909. The van der Waals surface area contributed by atoms with Gasteiger partial charge in [-0.3, -0.25) is 0 Å². The molecular weight excluding hydrogens is 212 g/mol. The van der Waals surface area contributed by atoms with Gasteiger partial charge in [-0.1, -0.05) is 26.7 Å². The van der Waals surface area contributed by atoms with Crippen LogP contribution in [0.25, 0.3) is 0 Å². The number of hydrogen-bond acceptors (Lipinski definition) is 3. The maximum Gasteiger partial charge on any atom is 0.137 e. The average molecular weight is 228 g/mol. The van der Waals surface area contributed by atoms with Crippen LogP contribution < -0.4 is 4.74 Å². The number of nitriles is 2. The molecule has 0 heterocycles. The number of nitrogens with zero attached hydrogens (tertiary/aromatic N) is 2. The molecule has 3 nitrogen and oxygen atoms in total. The predicted molar refractivity (Wildman–Crippen MR) is 65.4 cm³/mol. The van der Waals surface area contributed by atoms with Gasteiger partial charge in [0, 0.05) is 0 Å². The number of benzene rings is 1. The van der Waals surface area contributed by atoms with Crippen LogP contribution in [0.2, 0.25) is 0 Å². The third-order valence-electron chi connectivity index (χ3n) is 2.86. The standard InChI is InChI=1S/C14H16N2O/c1-3-11(4-2)10-17-14-6-5-12(8-15)7-13(14)9-16/h5-7,11H,3-4,10H2,1-2H3. The van der Waals surface area contributed by atoms with Crippen molar-refractivity contribution in [3.63, 3.8) is 0 Å². The van der Waals surface area contributed by atoms with Gasteiger partial charge < -0.3 is 4.74 Å². The van der Waals surface area contributed by atoms with E-state index in [0.717, 1.165) is 12.8 Å². The van der Waals surface area contributed by atoms with Crippen molar-refractivity contribution >= 4 is 0 Å². The van der Waals surface area contributed by atoms with Crippen molar-refractivity contribution in [2.75, 3.05) is 6.61 Å². The summed E-state index contributed by atoms with van der Waals surface area (Å²) in [6, 6.07) is 8.98. The van der Waals surface area contributed by atoms with Crippen LogP contribution in [0.1, 0.15) is 37.8 Å². The monoisotopic (exact) mass is 228 g/mol. The molecule has 88 valence electrons. The van der Waals surface area contributed by atoms with Crippen molar-refractivity contribution in [2.24, 2.45) is 5.92 Å². The van der Waals surface area contributed by atoms with Crippen LogP contribution in [0.5, 0.6) is 5.75 Å². The zero-order valence-corrected chi connectivity index (χ0v) is 10.2. The van der Waals surface area contributed by atoms with Crippen molar-refractivity contribution in [1.29, 1.82) is 10.5 Å². The highest BCUT2D eigenvalue weighted by Crippen LogP contribution is 2.20. The Morgan fingerprint density at radius 1 is 1.18 bits per heavy atom. The van der Waals surface area contributed by atoms with Crippen LogP contribution in [0.3, 0.4) is 0 Å². The molecule has 0 saturated heterocycles. The van der Waals surface area contributed by atoms with E-state index in [9.17, 15) is 0 Å². The average Bonchev–Trinajstić information content (AvgIpc) is 2.39. The summed E-state index contributed by atoms with van der Waals surface area (Å²) in [7, 11) is 0. The molecule has 0 spiro atoms. The van der Waals surface area contributed by atoms with Gasteiger partial charge >= 0.3 is 0 Å². The fourth-order valence-electron chi connectivity index (χ4n) is 1.54. The zero-order valence-electron chi connectivity index (χ0n) is 10.2. The summed E-state index contributed by atoms with van der Waals surface area (Å²) in [5, 5.41) is 17.7. The number of rotatable bonds is 5. The Morgan fingerprint density at radius 3 is 2.41 bits per heavy atom. The maximum absolute atomic E-state index is 8.98. The van der Waals surface area contributed by atoms with Gasteiger partial charge in [-0.05, 0) is 24.1 Å². The summed E-state index contributed by atoms with van der Waals surface area (Å²) in [6.45, 7) is 4.87. The van der Waals surface area contributed by atoms with Gasteiger partial charge in [-0.25, -0.2) is 0 Å². The van der Waals surface area contributed by atoms with E-state index >= 15 is 0 Å². The molecule has 0 bridgehead atoms. The Balaban J connectivity index is 2.79. The van der Waals surface area contributed by atoms with Crippen LogP contribution in [0, 0.1) is 28.6 Å². The highest BCUT2D eigenvalue weighted by Gasteiger charge is 2.08. The second-order valence-corrected chi connectivity index (χ2v) is 3.93. The molecule has 0 aliphatic rings. The van der Waals surface area contributed by atoms with Crippen molar-refractivity contribution < 1.29 is 4.74 Å². The Bertz CT molecular complexity index is 450. The molecule has 0 radical (unpaired) electrons. The lowest BCUT2D eigenvalue weighted by atomic mass is 10.1. The highest BCUT2D eigenvalue weighted by molar-refractivity contribution is 5.48. The summed E-state index contributed by atoms with van der Waals surface area (Å²) in [5.74, 6) is 1.08. The molecule has 0 aromatic heterocycles. The summed E-state index contributed by atoms with van der Waals surface area (Å²) in [6.07, 6.45) is 2.13. The van der Waals surface area contributed by atoms with E-state index in [1.807, 2.05) is 6.07 Å². The molecule has 0 saturated carbocycles. The molecular formula is C14H16N2O. The maximum atomic E-state index is 8.98. The van der Waals surface area contributed by atoms with Crippen LogP contribution in [0.15, 0.2) is 18.2 Å². The topological polar surface area (TPSA) is 56.8 Å². The Morgan fingerprint density at radius 2 is 1.88 bits per heavy atom. The van der Waals surface area contributed by atoms with Crippen molar-refractivity contribution in [3.8, 4) is 17.9 Å². The predicted octanol–water partition coefficient (Wildman–Crippen LogP) is 3.24. The third-order valence-corrected chi connectivity index (χ3v) is 2.86. The van der Waals surface area contributed by atoms with E-state index < -0.39 is 0 Å². The summed E-state index contributed by atoms with van der Waals surface area (Å²) in [4.78, 5) is 0. The fourth-order valence-corrected chi connectivity index (χ4v) is 1.54. The van der Waals surface area contributed by atoms with E-state index in [2.05, 4.69) is 19.9 Å². The van der Waals surface area contributed by atoms with Crippen molar-refractivity contribution in [2.45, 2.75) is 26.7 Å². The first-order valence-electron chi connectivity index (χ1n) is 5.82. The minimum Gasteiger partial charge on any atom is -0.492 e. The molecule has 0 N–H and O–H groups in total. The van der Waals surface area contributed by atoms with Gasteiger partial charge in [0.1, 0.15) is 11.8 Å². The smallest absolute Gasteiger partial charge is 0.137 e. The molecule has 0 atom stereocenters. The SMILES string of the molecule is CCC(CC)COc1ccc(C#N)cc1C#N. The lowest BCUT2D eigenvalue weighted by Gasteiger charge is -2.14. The molecule has 17 heavy (non-hydrogen) atoms. The van der Waals surface area contributed by atoms with Gasteiger partial charge in [0.25, 0.3) is 0 Å². The third kappa shape index (κ3) is 3.50. The molecule has 0 aliphatic heterocycles. The van der Waals surface area contributed by atoms with E-state index in [1.165, 1.54) is 0 Å². The molecule has 0 unspecified atom stereocenters. The molecule has 3 heteroatoms. The normalized spacial score (nSPS) is 9.71. The van der Waals surface area contributed by atoms with Gasteiger partial charge in [0.05, 0.1) is 23.8 Å². The largest absolute Gasteiger partial charge is 0.492 e. The minimum absolute atomic E-state index is 0.426. The first kappa shape index (κ1) is 13.1. The van der Waals surface area contributed by atoms with Crippen molar-refractivity contribution in [3.05, 3.63) is 29.3 Å². The lowest BCUT2D eigenvalue weighted by molar-refractivity contribution is 0.240. The van der Waals surface area contributed by atoms with Gasteiger partial charge in [0.2, 0.25) is 0 Å². The molecule has 0 amide bonds. The second kappa shape index (κ2) is 6.55. The van der Waals surface area contributed by atoms with Crippen LogP contribution in [0.4, 0.5) is 0 Å². The Kier molecular flexibility index (Phi) is 5.04. The Hall–Kier alpha value is -2.00. The Labute approximate surface area is 102 Å². The first-order chi connectivity index (χ1) is 8.24. The molecule has 1 aromatic rings. The second-order valence-electron chi connectivity index (χ2n) is 3.93. The van der Waals surface area contributed by atoms with Crippen LogP contribution >= 0.6 is 0 Å². The van der Waals surface area contributed by atoms with E-state index in [0.29, 0.717) is 29.4 Å². The molecule has 1 rings (SSSR count). The number of hydrogen-bond donors (Lipinski definition) is 0. The van der Waals surface area contributed by atoms with Crippen molar-refractivity contribution in [1.82, 2.24) is 0 Å². The zero-order chi connectivity index (χ0) is 12.7. The quantitative estimate of drug-likeness (QED) is 0.777. The van der Waals surface area contributed by atoms with Gasteiger partial charge in [-0.2, -0.15) is 10.5 Å². The van der Waals surface area contributed by atoms with Crippen LogP contribution in [-0.2, 0) is 0 Å². The van der Waals surface area contributed by atoms with Gasteiger partial charge in [-0.15, -0.1) is 0 Å². The number of ether oxygens (including phenoxy) is 1. The fraction of sp³-hybridized carbons (Fsp3) is 0.429. The minimum atomic E-state index is 0.426. The molecule has 1 aromatic carbocycles. The highest BCUT2D eigenvalue weighted by atomic mass is 16.5.